The molecule has 0 radical (unpaired) electrons. The molecule has 0 spiro atoms. The number of aromatic hydroxyl groups is 1. The molecule has 0 unspecified atom stereocenters. The summed E-state index contributed by atoms with van der Waals surface area (Å²) in [5.74, 6) is -0.122. The summed E-state index contributed by atoms with van der Waals surface area (Å²) in [6.07, 6.45) is 0. The number of carbonyl (C=O) groups excluding carboxylic acids is 1. The largest absolute Gasteiger partial charge is 0.507 e. The van der Waals surface area contributed by atoms with Crippen molar-refractivity contribution in [2.24, 2.45) is 0 Å². The Morgan fingerprint density at radius 1 is 1.15 bits per heavy atom. The third-order valence-electron chi connectivity index (χ3n) is 4.48. The lowest BCUT2D eigenvalue weighted by Crippen LogP contribution is -2.50. The van der Waals surface area contributed by atoms with Gasteiger partial charge in [-0.25, -0.2) is 8.42 Å². The number of piperazine rings is 1. The monoisotopic (exact) mass is 379 g/mol. The highest BCUT2D eigenvalue weighted by Gasteiger charge is 2.34. The van der Waals surface area contributed by atoms with E-state index in [1.54, 1.807) is 30.9 Å². The highest BCUT2D eigenvalue weighted by molar-refractivity contribution is 7.89. The molecule has 8 nitrogen and oxygen atoms in total. The standard InChI is InChI=1S/C17H21N3O5S/c1-11-4-5-14(15(21)10-11)17(22)19-6-8-20(9-7-19)26(23,24)16-12(2)18-25-13(16)3/h4-5,10,21H,6-9H2,1-3H3. The first-order valence-corrected chi connectivity index (χ1v) is 9.67. The van der Waals surface area contributed by atoms with Crippen LogP contribution in [0.3, 0.4) is 0 Å². The summed E-state index contributed by atoms with van der Waals surface area (Å²) in [6, 6.07) is 4.87. The molecule has 1 amide bonds. The van der Waals surface area contributed by atoms with Gasteiger partial charge in [0.05, 0.1) is 5.56 Å². The number of phenolic OH excluding ortho intramolecular Hbond substituents is 1. The van der Waals surface area contributed by atoms with Crippen LogP contribution in [0.1, 0.15) is 27.4 Å². The van der Waals surface area contributed by atoms with Crippen LogP contribution in [0.4, 0.5) is 0 Å². The van der Waals surface area contributed by atoms with Crippen LogP contribution in [0, 0.1) is 20.8 Å². The molecular formula is C17H21N3O5S. The summed E-state index contributed by atoms with van der Waals surface area (Å²) < 4.78 is 31.9. The maximum absolute atomic E-state index is 12.8. The smallest absolute Gasteiger partial charge is 0.257 e. The summed E-state index contributed by atoms with van der Waals surface area (Å²) in [4.78, 5) is 14.2. The third kappa shape index (κ3) is 3.19. The van der Waals surface area contributed by atoms with Crippen LogP contribution in [0.15, 0.2) is 27.6 Å². The first kappa shape index (κ1) is 18.4. The Hall–Kier alpha value is -2.39. The minimum atomic E-state index is -3.72. The molecule has 1 fully saturated rings. The number of hydrogen-bond acceptors (Lipinski definition) is 6. The molecular weight excluding hydrogens is 358 g/mol. The summed E-state index contributed by atoms with van der Waals surface area (Å²) in [6.45, 7) is 5.81. The third-order valence-corrected chi connectivity index (χ3v) is 6.62. The number of hydrogen-bond donors (Lipinski definition) is 1. The second-order valence-electron chi connectivity index (χ2n) is 6.37. The lowest BCUT2D eigenvalue weighted by atomic mass is 10.1. The van der Waals surface area contributed by atoms with Crippen LogP contribution < -0.4 is 0 Å². The lowest BCUT2D eigenvalue weighted by Gasteiger charge is -2.34. The van der Waals surface area contributed by atoms with Crippen LogP contribution in [-0.2, 0) is 10.0 Å². The van der Waals surface area contributed by atoms with Crippen molar-refractivity contribution in [2.75, 3.05) is 26.2 Å². The Morgan fingerprint density at radius 3 is 2.35 bits per heavy atom. The van der Waals surface area contributed by atoms with E-state index in [0.717, 1.165) is 5.56 Å². The van der Waals surface area contributed by atoms with Gasteiger partial charge < -0.3 is 14.5 Å². The molecule has 140 valence electrons. The zero-order valence-electron chi connectivity index (χ0n) is 14.9. The van der Waals surface area contributed by atoms with E-state index < -0.39 is 10.0 Å². The van der Waals surface area contributed by atoms with E-state index in [1.807, 2.05) is 6.92 Å². The number of carbonyl (C=O) groups is 1. The zero-order chi connectivity index (χ0) is 19.1. The molecule has 0 atom stereocenters. The van der Waals surface area contributed by atoms with Gasteiger partial charge in [-0.15, -0.1) is 0 Å². The molecule has 1 aliphatic rings. The maximum Gasteiger partial charge on any atom is 0.257 e. The molecule has 26 heavy (non-hydrogen) atoms. The van der Waals surface area contributed by atoms with E-state index in [9.17, 15) is 18.3 Å². The minimum absolute atomic E-state index is 0.0687. The molecule has 0 aliphatic carbocycles. The van der Waals surface area contributed by atoms with E-state index in [2.05, 4.69) is 5.16 Å². The van der Waals surface area contributed by atoms with E-state index in [0.29, 0.717) is 5.69 Å². The molecule has 1 aliphatic heterocycles. The van der Waals surface area contributed by atoms with Crippen molar-refractivity contribution in [2.45, 2.75) is 25.7 Å². The van der Waals surface area contributed by atoms with Gasteiger partial charge >= 0.3 is 0 Å². The molecule has 2 aromatic rings. The van der Waals surface area contributed by atoms with Gasteiger partial charge in [0.1, 0.15) is 16.3 Å². The number of aromatic nitrogens is 1. The minimum Gasteiger partial charge on any atom is -0.507 e. The zero-order valence-corrected chi connectivity index (χ0v) is 15.7. The van der Waals surface area contributed by atoms with E-state index in [-0.39, 0.29) is 54.1 Å². The van der Waals surface area contributed by atoms with Crippen LogP contribution in [0.5, 0.6) is 5.75 Å². The molecule has 1 saturated heterocycles. The van der Waals surface area contributed by atoms with Crippen molar-refractivity contribution in [3.8, 4) is 5.75 Å². The average molecular weight is 379 g/mol. The van der Waals surface area contributed by atoms with Gasteiger partial charge in [0.2, 0.25) is 10.0 Å². The molecule has 9 heteroatoms. The first-order chi connectivity index (χ1) is 12.2. The van der Waals surface area contributed by atoms with Crippen LogP contribution in [0.2, 0.25) is 0 Å². The van der Waals surface area contributed by atoms with Crippen molar-refractivity contribution < 1.29 is 22.8 Å². The van der Waals surface area contributed by atoms with E-state index >= 15 is 0 Å². The Labute approximate surface area is 152 Å². The topological polar surface area (TPSA) is 104 Å². The SMILES string of the molecule is Cc1ccc(C(=O)N2CCN(S(=O)(=O)c3c(C)noc3C)CC2)c(O)c1. The molecule has 0 saturated carbocycles. The van der Waals surface area contributed by atoms with Crippen molar-refractivity contribution in [1.29, 1.82) is 0 Å². The maximum atomic E-state index is 12.8. The van der Waals surface area contributed by atoms with Gasteiger partial charge in [-0.3, -0.25) is 4.79 Å². The Morgan fingerprint density at radius 2 is 1.81 bits per heavy atom. The molecule has 3 rings (SSSR count). The number of benzene rings is 1. The van der Waals surface area contributed by atoms with Crippen molar-refractivity contribution >= 4 is 15.9 Å². The van der Waals surface area contributed by atoms with Crippen LogP contribution in [0.25, 0.3) is 0 Å². The second kappa shape index (κ2) is 6.73. The van der Waals surface area contributed by atoms with Gasteiger partial charge in [0, 0.05) is 26.2 Å². The molecule has 1 aromatic heterocycles. The Kier molecular flexibility index (Phi) is 4.76. The Bertz CT molecular complexity index is 924. The molecule has 2 heterocycles. The summed E-state index contributed by atoms with van der Waals surface area (Å²) >= 11 is 0. The number of amides is 1. The molecule has 1 aromatic carbocycles. The van der Waals surface area contributed by atoms with Crippen LogP contribution >= 0.6 is 0 Å². The highest BCUT2D eigenvalue weighted by atomic mass is 32.2. The van der Waals surface area contributed by atoms with Crippen LogP contribution in [-0.4, -0.2) is 60.0 Å². The van der Waals surface area contributed by atoms with Gasteiger partial charge in [-0.1, -0.05) is 11.2 Å². The van der Waals surface area contributed by atoms with Crippen molar-refractivity contribution in [3.63, 3.8) is 0 Å². The summed E-state index contributed by atoms with van der Waals surface area (Å²) in [5, 5.41) is 13.7. The average Bonchev–Trinajstić information content (AvgIpc) is 2.93. The van der Waals surface area contributed by atoms with Gasteiger partial charge in [0.25, 0.3) is 5.91 Å². The van der Waals surface area contributed by atoms with Gasteiger partial charge in [-0.05, 0) is 38.5 Å². The van der Waals surface area contributed by atoms with Crippen molar-refractivity contribution in [3.05, 3.63) is 40.8 Å². The van der Waals surface area contributed by atoms with Crippen molar-refractivity contribution in [1.82, 2.24) is 14.4 Å². The van der Waals surface area contributed by atoms with E-state index in [1.165, 1.54) is 10.4 Å². The Balaban J connectivity index is 1.74. The fourth-order valence-electron chi connectivity index (χ4n) is 3.10. The molecule has 1 N–H and O–H groups in total. The number of phenols is 1. The number of sulfonamides is 1. The summed E-state index contributed by atoms with van der Waals surface area (Å²) in [5.41, 5.74) is 1.40. The number of rotatable bonds is 3. The second-order valence-corrected chi connectivity index (χ2v) is 8.24. The number of aryl methyl sites for hydroxylation is 3. The van der Waals surface area contributed by atoms with Gasteiger partial charge in [-0.2, -0.15) is 4.31 Å². The quantitative estimate of drug-likeness (QED) is 0.866. The predicted molar refractivity (Wildman–Crippen MR) is 93.5 cm³/mol. The summed E-state index contributed by atoms with van der Waals surface area (Å²) in [7, 11) is -3.72. The molecule has 0 bridgehead atoms. The normalized spacial score (nSPS) is 16.0. The highest BCUT2D eigenvalue weighted by Crippen LogP contribution is 2.25. The fraction of sp³-hybridized carbons (Fsp3) is 0.412. The van der Waals surface area contributed by atoms with Gasteiger partial charge in [0.15, 0.2) is 5.76 Å². The first-order valence-electron chi connectivity index (χ1n) is 8.23. The van der Waals surface area contributed by atoms with E-state index in [4.69, 9.17) is 4.52 Å². The lowest BCUT2D eigenvalue weighted by molar-refractivity contribution is 0.0694. The predicted octanol–water partition coefficient (Wildman–Crippen LogP) is 1.45. The fourth-order valence-corrected chi connectivity index (χ4v) is 4.81. The number of nitrogens with zero attached hydrogens (tertiary/aromatic N) is 3.